The van der Waals surface area contributed by atoms with Gasteiger partial charge in [-0.15, -0.1) is 24.0 Å². The summed E-state index contributed by atoms with van der Waals surface area (Å²) in [6.07, 6.45) is 9.02. The lowest BCUT2D eigenvalue weighted by Crippen LogP contribution is -2.65. The van der Waals surface area contributed by atoms with Gasteiger partial charge in [0.25, 0.3) is 0 Å². The molecule has 1 spiro atoms. The van der Waals surface area contributed by atoms with E-state index in [9.17, 15) is 0 Å². The maximum Gasteiger partial charge on any atom is 0.191 e. The monoisotopic (exact) mass is 441 g/mol. The van der Waals surface area contributed by atoms with E-state index >= 15 is 0 Å². The Hall–Kier alpha value is 0.310. The van der Waals surface area contributed by atoms with Gasteiger partial charge in [0.05, 0.1) is 12.6 Å². The Morgan fingerprint density at radius 3 is 2.64 bits per heavy atom. The number of aliphatic imine (C=N–C) groups is 1. The number of rotatable bonds is 7. The van der Waals surface area contributed by atoms with Crippen molar-refractivity contribution in [3.8, 4) is 0 Å². The fourth-order valence-corrected chi connectivity index (χ4v) is 4.10. The fraction of sp³-hybridized carbons (Fsp3) is 0.938. The standard InChI is InChI=1S/C16H31N3OS.HI/c1-4-17-15(18-10-11-21-3)19-13-12-14(20-5-2)16(13)8-6-7-9-16;/h13-14H,4-12H2,1-3H3,(H2,17,18,19);1H. The second-order valence-electron chi connectivity index (χ2n) is 6.07. The van der Waals surface area contributed by atoms with Crippen molar-refractivity contribution in [1.29, 1.82) is 0 Å². The largest absolute Gasteiger partial charge is 0.378 e. The number of ether oxygens (including phenoxy) is 1. The van der Waals surface area contributed by atoms with Crippen molar-refractivity contribution in [2.24, 2.45) is 10.4 Å². The highest BCUT2D eigenvalue weighted by Gasteiger charge is 2.56. The van der Waals surface area contributed by atoms with E-state index in [2.05, 4.69) is 35.7 Å². The summed E-state index contributed by atoms with van der Waals surface area (Å²) in [7, 11) is 0. The second kappa shape index (κ2) is 10.2. The van der Waals surface area contributed by atoms with Gasteiger partial charge in [0.2, 0.25) is 0 Å². The first-order valence-corrected chi connectivity index (χ1v) is 9.81. The minimum atomic E-state index is 0. The van der Waals surface area contributed by atoms with Gasteiger partial charge < -0.3 is 15.4 Å². The molecular formula is C16H32IN3OS. The molecule has 2 atom stereocenters. The Morgan fingerprint density at radius 2 is 2.05 bits per heavy atom. The average molecular weight is 441 g/mol. The molecule has 0 saturated heterocycles. The summed E-state index contributed by atoms with van der Waals surface area (Å²) in [5.74, 6) is 2.06. The fourth-order valence-electron chi connectivity index (χ4n) is 3.82. The number of hydrogen-bond acceptors (Lipinski definition) is 3. The number of halogens is 1. The molecule has 0 aromatic heterocycles. The number of hydrogen-bond donors (Lipinski definition) is 2. The highest BCUT2D eigenvalue weighted by molar-refractivity contribution is 14.0. The van der Waals surface area contributed by atoms with Gasteiger partial charge in [-0.25, -0.2) is 0 Å². The molecule has 22 heavy (non-hydrogen) atoms. The zero-order valence-corrected chi connectivity index (χ0v) is 17.3. The molecule has 2 rings (SSSR count). The number of thioether (sulfide) groups is 1. The molecule has 4 nitrogen and oxygen atoms in total. The van der Waals surface area contributed by atoms with E-state index in [1.165, 1.54) is 25.7 Å². The summed E-state index contributed by atoms with van der Waals surface area (Å²) in [4.78, 5) is 4.68. The Balaban J connectivity index is 0.00000242. The van der Waals surface area contributed by atoms with E-state index < -0.39 is 0 Å². The first-order valence-electron chi connectivity index (χ1n) is 8.42. The van der Waals surface area contributed by atoms with Gasteiger partial charge in [-0.2, -0.15) is 11.8 Å². The lowest BCUT2D eigenvalue weighted by atomic mass is 9.60. The van der Waals surface area contributed by atoms with Gasteiger partial charge in [-0.3, -0.25) is 4.99 Å². The summed E-state index contributed by atoms with van der Waals surface area (Å²) in [6, 6.07) is 0.531. The molecule has 0 aromatic carbocycles. The summed E-state index contributed by atoms with van der Waals surface area (Å²) in [5, 5.41) is 7.07. The highest BCUT2D eigenvalue weighted by atomic mass is 127. The molecule has 0 aromatic rings. The Labute approximate surface area is 157 Å². The van der Waals surface area contributed by atoms with Crippen molar-refractivity contribution in [1.82, 2.24) is 10.6 Å². The maximum atomic E-state index is 5.98. The van der Waals surface area contributed by atoms with Crippen LogP contribution in [0.2, 0.25) is 0 Å². The van der Waals surface area contributed by atoms with Crippen molar-refractivity contribution < 1.29 is 4.74 Å². The summed E-state index contributed by atoms with van der Waals surface area (Å²) in [5.41, 5.74) is 0.367. The molecule has 2 fully saturated rings. The number of guanidine groups is 1. The number of nitrogens with one attached hydrogen (secondary N) is 2. The predicted octanol–water partition coefficient (Wildman–Crippen LogP) is 3.26. The van der Waals surface area contributed by atoms with Gasteiger partial charge in [0.15, 0.2) is 5.96 Å². The molecule has 2 saturated carbocycles. The lowest BCUT2D eigenvalue weighted by molar-refractivity contribution is -0.125. The third kappa shape index (κ3) is 4.66. The molecule has 0 bridgehead atoms. The van der Waals surface area contributed by atoms with E-state index in [0.29, 0.717) is 17.6 Å². The minimum absolute atomic E-state index is 0. The van der Waals surface area contributed by atoms with Crippen LogP contribution in [0, 0.1) is 5.41 Å². The van der Waals surface area contributed by atoms with E-state index in [0.717, 1.165) is 37.8 Å². The second-order valence-corrected chi connectivity index (χ2v) is 7.06. The molecule has 0 aliphatic heterocycles. The van der Waals surface area contributed by atoms with Crippen molar-refractivity contribution in [3.05, 3.63) is 0 Å². The van der Waals surface area contributed by atoms with Gasteiger partial charge >= 0.3 is 0 Å². The first-order chi connectivity index (χ1) is 10.3. The van der Waals surface area contributed by atoms with Crippen LogP contribution in [0.5, 0.6) is 0 Å². The lowest BCUT2D eigenvalue weighted by Gasteiger charge is -2.54. The van der Waals surface area contributed by atoms with E-state index in [1.54, 1.807) is 0 Å². The molecule has 2 N–H and O–H groups in total. The molecule has 2 unspecified atom stereocenters. The third-order valence-corrected chi connectivity index (χ3v) is 5.50. The smallest absolute Gasteiger partial charge is 0.191 e. The molecule has 6 heteroatoms. The molecule has 2 aliphatic carbocycles. The van der Waals surface area contributed by atoms with Crippen LogP contribution in [0.4, 0.5) is 0 Å². The molecule has 2 aliphatic rings. The summed E-state index contributed by atoms with van der Waals surface area (Å²) < 4.78 is 5.98. The van der Waals surface area contributed by atoms with Crippen LogP contribution in [0.15, 0.2) is 4.99 Å². The molecular weight excluding hydrogens is 409 g/mol. The van der Waals surface area contributed by atoms with Crippen LogP contribution in [-0.4, -0.2) is 49.8 Å². The Morgan fingerprint density at radius 1 is 1.32 bits per heavy atom. The molecule has 0 amide bonds. The van der Waals surface area contributed by atoms with Gasteiger partial charge in [0.1, 0.15) is 0 Å². The zero-order chi connectivity index (χ0) is 15.1. The van der Waals surface area contributed by atoms with Crippen molar-refractivity contribution in [2.75, 3.05) is 31.7 Å². The Bertz CT molecular complexity index is 348. The normalized spacial score (nSPS) is 26.4. The topological polar surface area (TPSA) is 45.7 Å². The summed E-state index contributed by atoms with van der Waals surface area (Å²) >= 11 is 1.84. The predicted molar refractivity (Wildman–Crippen MR) is 108 cm³/mol. The summed E-state index contributed by atoms with van der Waals surface area (Å²) in [6.45, 7) is 6.87. The molecule has 130 valence electrons. The van der Waals surface area contributed by atoms with Crippen LogP contribution in [0.3, 0.4) is 0 Å². The van der Waals surface area contributed by atoms with E-state index in [4.69, 9.17) is 4.74 Å². The molecule has 0 radical (unpaired) electrons. The average Bonchev–Trinajstić information content (AvgIpc) is 2.99. The quantitative estimate of drug-likeness (QED) is 0.276. The zero-order valence-electron chi connectivity index (χ0n) is 14.2. The van der Waals surface area contributed by atoms with Gasteiger partial charge in [-0.1, -0.05) is 12.8 Å². The van der Waals surface area contributed by atoms with Crippen LogP contribution < -0.4 is 10.6 Å². The SMILES string of the molecule is CCNC(=NCCSC)NC1CC(OCC)C12CCCC2.I. The van der Waals surface area contributed by atoms with Crippen LogP contribution in [0.1, 0.15) is 46.0 Å². The maximum absolute atomic E-state index is 5.98. The molecule has 0 heterocycles. The van der Waals surface area contributed by atoms with E-state index in [-0.39, 0.29) is 24.0 Å². The van der Waals surface area contributed by atoms with Gasteiger partial charge in [0, 0.05) is 30.4 Å². The third-order valence-electron chi connectivity index (χ3n) is 4.91. The van der Waals surface area contributed by atoms with E-state index in [1.807, 2.05) is 11.8 Å². The van der Waals surface area contributed by atoms with Crippen molar-refractivity contribution in [3.63, 3.8) is 0 Å². The van der Waals surface area contributed by atoms with Crippen LogP contribution >= 0.6 is 35.7 Å². The Kier molecular flexibility index (Phi) is 9.47. The highest BCUT2D eigenvalue weighted by Crippen LogP contribution is 2.54. The van der Waals surface area contributed by atoms with Crippen molar-refractivity contribution >= 4 is 41.7 Å². The van der Waals surface area contributed by atoms with Crippen LogP contribution in [-0.2, 0) is 4.74 Å². The number of nitrogens with zero attached hydrogens (tertiary/aromatic N) is 1. The van der Waals surface area contributed by atoms with Crippen molar-refractivity contribution in [2.45, 2.75) is 58.1 Å². The first kappa shape index (κ1) is 20.4. The minimum Gasteiger partial charge on any atom is -0.378 e. The van der Waals surface area contributed by atoms with Crippen LogP contribution in [0.25, 0.3) is 0 Å². The van der Waals surface area contributed by atoms with Gasteiger partial charge in [-0.05, 0) is 39.4 Å².